The zero-order valence-corrected chi connectivity index (χ0v) is 21.6. The smallest absolute Gasteiger partial charge is 0.258 e. The van der Waals surface area contributed by atoms with Crippen molar-refractivity contribution in [1.29, 1.82) is 0 Å². The minimum Gasteiger partial charge on any atom is -0.350 e. The summed E-state index contributed by atoms with van der Waals surface area (Å²) in [7, 11) is 4.02. The monoisotopic (exact) mass is 514 g/mol. The topological polar surface area (TPSA) is 74.9 Å². The first-order valence-electron chi connectivity index (χ1n) is 13.0. The summed E-state index contributed by atoms with van der Waals surface area (Å²) >= 11 is 0. The highest BCUT2D eigenvalue weighted by Crippen LogP contribution is 2.37. The Morgan fingerprint density at radius 2 is 1.79 bits per heavy atom. The van der Waals surface area contributed by atoms with E-state index in [4.69, 9.17) is 0 Å². The molecule has 1 amide bonds. The molecule has 1 aromatic carbocycles. The second-order valence-electron chi connectivity index (χ2n) is 10.2. The van der Waals surface area contributed by atoms with Crippen LogP contribution in [-0.2, 0) is 4.79 Å². The molecule has 9 heteroatoms. The summed E-state index contributed by atoms with van der Waals surface area (Å²) in [6.45, 7) is 5.21. The van der Waals surface area contributed by atoms with Crippen molar-refractivity contribution in [3.05, 3.63) is 75.4 Å². The van der Waals surface area contributed by atoms with Crippen molar-refractivity contribution in [3.8, 4) is 11.1 Å². The van der Waals surface area contributed by atoms with E-state index >= 15 is 0 Å². The molecule has 1 aromatic rings. The van der Waals surface area contributed by atoms with Gasteiger partial charge in [0.25, 0.3) is 5.56 Å². The number of nitrogens with zero attached hydrogens (tertiary/aromatic N) is 4. The molecule has 0 radical (unpaired) electrons. The minimum atomic E-state index is -0.298. The summed E-state index contributed by atoms with van der Waals surface area (Å²) in [6, 6.07) is 10.3. The number of hydrogen-bond donors (Lipinski definition) is 2. The Kier molecular flexibility index (Phi) is 6.25. The Balaban J connectivity index is 1.39. The van der Waals surface area contributed by atoms with Crippen LogP contribution in [0.25, 0.3) is 22.9 Å². The highest BCUT2D eigenvalue weighted by molar-refractivity contribution is 5.95. The molecule has 4 heterocycles. The molecule has 0 saturated carbocycles. The molecule has 0 spiro atoms. The predicted molar refractivity (Wildman–Crippen MR) is 148 cm³/mol. The molecule has 1 fully saturated rings. The molecule has 2 N–H and O–H groups in total. The number of rotatable bonds is 5. The number of amides is 1. The molecule has 4 aliphatic heterocycles. The molecule has 38 heavy (non-hydrogen) atoms. The van der Waals surface area contributed by atoms with Gasteiger partial charge in [0.15, 0.2) is 0 Å². The number of H-pyrrole nitrogens is 1. The van der Waals surface area contributed by atoms with Gasteiger partial charge in [0.1, 0.15) is 5.82 Å². The van der Waals surface area contributed by atoms with Crippen molar-refractivity contribution in [2.75, 3.05) is 63.2 Å². The number of anilines is 3. The lowest BCUT2D eigenvalue weighted by molar-refractivity contribution is -0.120. The lowest BCUT2D eigenvalue weighted by atomic mass is 10.0. The number of nitrogens with one attached hydrogen (secondary N) is 2. The maximum atomic E-state index is 13.6. The van der Waals surface area contributed by atoms with Crippen molar-refractivity contribution >= 4 is 34.7 Å². The molecule has 0 atom stereocenters. The number of fused-ring (bicyclic) bond motifs is 2. The van der Waals surface area contributed by atoms with Gasteiger partial charge < -0.3 is 29.9 Å². The van der Waals surface area contributed by atoms with Gasteiger partial charge in [0.05, 0.1) is 22.6 Å². The summed E-state index contributed by atoms with van der Waals surface area (Å²) in [4.78, 5) is 37.9. The van der Waals surface area contributed by atoms with E-state index in [0.717, 1.165) is 59.4 Å². The third-order valence-corrected chi connectivity index (χ3v) is 7.69. The van der Waals surface area contributed by atoms with E-state index < -0.39 is 0 Å². The number of aromatic nitrogens is 1. The van der Waals surface area contributed by atoms with E-state index in [1.54, 1.807) is 12.1 Å². The molecule has 8 nitrogen and oxygen atoms in total. The second kappa shape index (κ2) is 9.74. The van der Waals surface area contributed by atoms with Crippen molar-refractivity contribution < 1.29 is 9.18 Å². The normalized spacial score (nSPS) is 17.5. The van der Waals surface area contributed by atoms with Crippen LogP contribution in [0.1, 0.15) is 6.42 Å². The van der Waals surface area contributed by atoms with E-state index in [-0.39, 0.29) is 17.3 Å². The van der Waals surface area contributed by atoms with Crippen LogP contribution in [0.4, 0.5) is 21.5 Å². The molecule has 1 aliphatic carbocycles. The molecule has 6 rings (SSSR count). The van der Waals surface area contributed by atoms with Gasteiger partial charge >= 0.3 is 0 Å². The number of carbonyl (C=O) groups is 1. The van der Waals surface area contributed by atoms with Crippen LogP contribution in [0.5, 0.6) is 0 Å². The first kappa shape index (κ1) is 24.4. The summed E-state index contributed by atoms with van der Waals surface area (Å²) in [5.74, 6) is -0.349. The highest BCUT2D eigenvalue weighted by Gasteiger charge is 2.28. The van der Waals surface area contributed by atoms with Crippen LogP contribution in [0.3, 0.4) is 0 Å². The number of likely N-dealkylation sites (N-methyl/N-ethyl adjacent to an activating group) is 1. The van der Waals surface area contributed by atoms with E-state index in [0.29, 0.717) is 30.8 Å². The van der Waals surface area contributed by atoms with Gasteiger partial charge in [-0.15, -0.1) is 0 Å². The third kappa shape index (κ3) is 4.37. The van der Waals surface area contributed by atoms with E-state index in [1.807, 2.05) is 42.4 Å². The highest BCUT2D eigenvalue weighted by atomic mass is 19.1. The largest absolute Gasteiger partial charge is 0.350 e. The van der Waals surface area contributed by atoms with Crippen molar-refractivity contribution in [2.24, 2.45) is 0 Å². The Hall–Kier alpha value is -3.95. The average molecular weight is 515 g/mol. The lowest BCUT2D eigenvalue weighted by Gasteiger charge is -2.32. The summed E-state index contributed by atoms with van der Waals surface area (Å²) in [5, 5.41) is 4.66. The fourth-order valence-corrected chi connectivity index (χ4v) is 5.56. The molecular formula is C29H31FN6O2. The lowest BCUT2D eigenvalue weighted by Crippen LogP contribution is -2.45. The minimum absolute atomic E-state index is 0.0512. The summed E-state index contributed by atoms with van der Waals surface area (Å²) in [6.07, 6.45) is 6.14. The Morgan fingerprint density at radius 3 is 2.55 bits per heavy atom. The maximum Gasteiger partial charge on any atom is 0.258 e. The molecule has 0 unspecified atom stereocenters. The molecule has 0 aromatic heterocycles. The van der Waals surface area contributed by atoms with Crippen molar-refractivity contribution in [2.45, 2.75) is 6.42 Å². The number of benzene rings is 1. The second-order valence-corrected chi connectivity index (χ2v) is 10.2. The zero-order valence-electron chi connectivity index (χ0n) is 21.6. The molecule has 196 valence electrons. The van der Waals surface area contributed by atoms with Gasteiger partial charge in [-0.05, 0) is 55.6 Å². The van der Waals surface area contributed by atoms with Gasteiger partial charge in [0.2, 0.25) is 5.91 Å². The SMILES string of the molecule is CN1CCN(CCC(=O)NC2=c3ccc4c5c([nH]c(=O)c-5c3N(C)C=C2)=CCN4c2ccc(F)cc2)CC1. The van der Waals surface area contributed by atoms with Gasteiger partial charge in [-0.25, -0.2) is 4.39 Å². The van der Waals surface area contributed by atoms with Gasteiger partial charge in [-0.1, -0.05) is 0 Å². The first-order chi connectivity index (χ1) is 18.4. The third-order valence-electron chi connectivity index (χ3n) is 7.69. The molecular weight excluding hydrogens is 483 g/mol. The van der Waals surface area contributed by atoms with Crippen molar-refractivity contribution in [3.63, 3.8) is 0 Å². The fraction of sp³-hybridized carbons (Fsp3) is 0.310. The predicted octanol–water partition coefficient (Wildman–Crippen LogP) is 1.38. The van der Waals surface area contributed by atoms with Crippen LogP contribution >= 0.6 is 0 Å². The number of carbonyl (C=O) groups excluding carboxylic acids is 1. The standard InChI is InChI=1S/C29H31FN6O2/c1-33-15-17-35(18-16-33)13-11-25(37)31-22-9-12-34(2)28-21(22)7-8-24-26-23(32-29(38)27(26)28)10-14-36(24)20-5-3-19(30)4-6-20/h3-10,12H,11,13-18H2,1-2H3,(H,31,37)(H,32,38). The van der Waals surface area contributed by atoms with Gasteiger partial charge in [-0.2, -0.15) is 0 Å². The zero-order chi connectivity index (χ0) is 26.4. The number of halogens is 1. The van der Waals surface area contributed by atoms with E-state index in [9.17, 15) is 14.0 Å². The average Bonchev–Trinajstić information content (AvgIpc) is 3.12. The van der Waals surface area contributed by atoms with Crippen LogP contribution in [-0.4, -0.2) is 74.1 Å². The maximum absolute atomic E-state index is 13.6. The van der Waals surface area contributed by atoms with Crippen LogP contribution < -0.4 is 31.2 Å². The number of piperazine rings is 1. The number of hydrogen-bond acceptors (Lipinski definition) is 6. The Morgan fingerprint density at radius 1 is 1.03 bits per heavy atom. The van der Waals surface area contributed by atoms with Crippen LogP contribution in [0, 0.1) is 5.82 Å². The van der Waals surface area contributed by atoms with Crippen LogP contribution in [0.2, 0.25) is 0 Å². The molecule has 0 bridgehead atoms. The Bertz CT molecular complexity index is 1570. The Labute approximate surface area is 220 Å². The summed E-state index contributed by atoms with van der Waals surface area (Å²) in [5.41, 5.74) is 4.30. The molecule has 1 saturated heterocycles. The van der Waals surface area contributed by atoms with E-state index in [1.165, 1.54) is 12.1 Å². The molecule has 5 aliphatic rings. The summed E-state index contributed by atoms with van der Waals surface area (Å²) < 4.78 is 13.6. The first-order valence-corrected chi connectivity index (χ1v) is 13.0. The van der Waals surface area contributed by atoms with Crippen LogP contribution in [0.15, 0.2) is 53.5 Å². The van der Waals surface area contributed by atoms with Gasteiger partial charge in [0, 0.05) is 80.8 Å². The quantitative estimate of drug-likeness (QED) is 0.536. The van der Waals surface area contributed by atoms with Crippen molar-refractivity contribution in [1.82, 2.24) is 20.1 Å². The van der Waals surface area contributed by atoms with E-state index in [2.05, 4.69) is 32.0 Å². The number of aromatic amines is 1. The van der Waals surface area contributed by atoms with Gasteiger partial charge in [-0.3, -0.25) is 9.59 Å². The fourth-order valence-electron chi connectivity index (χ4n) is 5.56.